The van der Waals surface area contributed by atoms with Crippen molar-refractivity contribution in [2.75, 3.05) is 11.9 Å². The van der Waals surface area contributed by atoms with Crippen LogP contribution in [0.5, 0.6) is 5.75 Å². The Balaban J connectivity index is 1.65. The molecule has 4 nitrogen and oxygen atoms in total. The highest BCUT2D eigenvalue weighted by atomic mass is 32.1. The zero-order valence-corrected chi connectivity index (χ0v) is 18.8. The number of ether oxygens (including phenoxy) is 1. The number of hydrogen-bond donors (Lipinski definition) is 1. The Labute approximate surface area is 177 Å². The predicted octanol–water partition coefficient (Wildman–Crippen LogP) is 6.26. The first kappa shape index (κ1) is 21.3. The molecule has 0 aliphatic heterocycles. The maximum atomic E-state index is 12.4. The van der Waals surface area contributed by atoms with Crippen LogP contribution in [-0.2, 0) is 16.6 Å². The molecule has 1 heterocycles. The fraction of sp³-hybridized carbons (Fsp3) is 0.417. The number of fused-ring (bicyclic) bond motifs is 1. The molecule has 0 spiro atoms. The number of aryl methyl sites for hydroxylation is 2. The first-order chi connectivity index (χ1) is 13.8. The highest BCUT2D eigenvalue weighted by Crippen LogP contribution is 2.32. The van der Waals surface area contributed by atoms with Crippen molar-refractivity contribution >= 4 is 32.6 Å². The number of unbranched alkanes of at least 4 members (excludes halogenated alkanes) is 1. The number of benzene rings is 2. The van der Waals surface area contributed by atoms with E-state index in [1.165, 1.54) is 35.3 Å². The molecule has 0 aliphatic rings. The van der Waals surface area contributed by atoms with E-state index in [9.17, 15) is 4.79 Å². The van der Waals surface area contributed by atoms with E-state index >= 15 is 0 Å². The molecular formula is C24H30N2O2S. The third kappa shape index (κ3) is 5.57. The lowest BCUT2D eigenvalue weighted by molar-refractivity contribution is -0.118. The number of amides is 1. The summed E-state index contributed by atoms with van der Waals surface area (Å²) in [5.41, 5.74) is 4.46. The van der Waals surface area contributed by atoms with E-state index < -0.39 is 0 Å². The molecule has 0 bridgehead atoms. The topological polar surface area (TPSA) is 51.2 Å². The lowest BCUT2D eigenvalue weighted by Gasteiger charge is -2.23. The maximum absolute atomic E-state index is 12.4. The van der Waals surface area contributed by atoms with Gasteiger partial charge in [0.15, 0.2) is 11.7 Å². The summed E-state index contributed by atoms with van der Waals surface area (Å²) >= 11 is 1.51. The minimum absolute atomic E-state index is 0.0379. The summed E-state index contributed by atoms with van der Waals surface area (Å²) < 4.78 is 6.96. The average Bonchev–Trinajstić information content (AvgIpc) is 3.05. The molecule has 154 valence electrons. The highest BCUT2D eigenvalue weighted by Gasteiger charge is 2.20. The third-order valence-corrected chi connectivity index (χ3v) is 5.75. The standard InChI is InChI=1S/C24H30N2O2S/c1-6-7-8-17-10-11-19-21(14-17)29-23(25-19)26-22(27)15-28-20-12-9-16(2)13-18(20)24(3,4)5/h9-14H,6-8,15H2,1-5H3,(H,25,26,27). The number of rotatable bonds is 7. The Hall–Kier alpha value is -2.40. The van der Waals surface area contributed by atoms with Crippen LogP contribution in [0.1, 0.15) is 57.2 Å². The Morgan fingerprint density at radius 1 is 1.17 bits per heavy atom. The van der Waals surface area contributed by atoms with E-state index in [-0.39, 0.29) is 17.9 Å². The SMILES string of the molecule is CCCCc1ccc2nc(NC(=O)COc3ccc(C)cc3C(C)(C)C)sc2c1. The number of aromatic nitrogens is 1. The summed E-state index contributed by atoms with van der Waals surface area (Å²) in [6.45, 7) is 10.7. The van der Waals surface area contributed by atoms with Crippen LogP contribution in [0.4, 0.5) is 5.13 Å². The van der Waals surface area contributed by atoms with Crippen LogP contribution < -0.4 is 10.1 Å². The molecule has 1 aromatic heterocycles. The number of carbonyl (C=O) groups excluding carboxylic acids is 1. The van der Waals surface area contributed by atoms with Gasteiger partial charge in [-0.1, -0.05) is 69.2 Å². The molecule has 0 saturated heterocycles. The van der Waals surface area contributed by atoms with E-state index in [2.05, 4.69) is 63.1 Å². The van der Waals surface area contributed by atoms with E-state index in [4.69, 9.17) is 4.74 Å². The fourth-order valence-corrected chi connectivity index (χ4v) is 4.16. The molecule has 0 saturated carbocycles. The second kappa shape index (κ2) is 8.95. The van der Waals surface area contributed by atoms with Crippen molar-refractivity contribution in [2.24, 2.45) is 0 Å². The highest BCUT2D eigenvalue weighted by molar-refractivity contribution is 7.22. The molecule has 0 radical (unpaired) electrons. The molecule has 0 fully saturated rings. The summed E-state index contributed by atoms with van der Waals surface area (Å²) in [7, 11) is 0. The Kier molecular flexibility index (Phi) is 6.58. The molecule has 2 aromatic carbocycles. The molecule has 5 heteroatoms. The third-order valence-electron chi connectivity index (χ3n) is 4.82. The number of anilines is 1. The van der Waals surface area contributed by atoms with Gasteiger partial charge >= 0.3 is 0 Å². The minimum atomic E-state index is -0.198. The molecule has 1 amide bonds. The van der Waals surface area contributed by atoms with Crippen LogP contribution >= 0.6 is 11.3 Å². The van der Waals surface area contributed by atoms with Crippen molar-refractivity contribution in [3.63, 3.8) is 0 Å². The number of hydrogen-bond acceptors (Lipinski definition) is 4. The van der Waals surface area contributed by atoms with Crippen LogP contribution in [-0.4, -0.2) is 17.5 Å². The van der Waals surface area contributed by atoms with Crippen LogP contribution in [0.15, 0.2) is 36.4 Å². The molecule has 3 rings (SSSR count). The monoisotopic (exact) mass is 410 g/mol. The van der Waals surface area contributed by atoms with Crippen LogP contribution in [0.2, 0.25) is 0 Å². The lowest BCUT2D eigenvalue weighted by atomic mass is 9.85. The quantitative estimate of drug-likeness (QED) is 0.500. The predicted molar refractivity (Wildman–Crippen MR) is 122 cm³/mol. The van der Waals surface area contributed by atoms with Crippen LogP contribution in [0.3, 0.4) is 0 Å². The van der Waals surface area contributed by atoms with Crippen LogP contribution in [0, 0.1) is 6.92 Å². The van der Waals surface area contributed by atoms with Crippen molar-refractivity contribution in [3.8, 4) is 5.75 Å². The van der Waals surface area contributed by atoms with Gasteiger partial charge in [0.05, 0.1) is 10.2 Å². The van der Waals surface area contributed by atoms with Gasteiger partial charge in [-0.25, -0.2) is 4.98 Å². The van der Waals surface area contributed by atoms with Gasteiger partial charge in [0.1, 0.15) is 5.75 Å². The summed E-state index contributed by atoms with van der Waals surface area (Å²) in [6, 6.07) is 12.4. The van der Waals surface area contributed by atoms with Gasteiger partial charge < -0.3 is 4.74 Å². The Bertz CT molecular complexity index is 1000. The van der Waals surface area contributed by atoms with Crippen molar-refractivity contribution in [2.45, 2.75) is 59.3 Å². The van der Waals surface area contributed by atoms with E-state index in [1.54, 1.807) is 0 Å². The number of nitrogens with one attached hydrogen (secondary N) is 1. The summed E-state index contributed by atoms with van der Waals surface area (Å²) in [4.78, 5) is 17.0. The summed E-state index contributed by atoms with van der Waals surface area (Å²) in [5, 5.41) is 3.49. The van der Waals surface area contributed by atoms with Gasteiger partial charge in [-0.15, -0.1) is 0 Å². The van der Waals surface area contributed by atoms with Gasteiger partial charge in [0.2, 0.25) is 0 Å². The molecular weight excluding hydrogens is 380 g/mol. The molecule has 0 atom stereocenters. The smallest absolute Gasteiger partial charge is 0.264 e. The average molecular weight is 411 g/mol. The zero-order chi connectivity index (χ0) is 21.0. The zero-order valence-electron chi connectivity index (χ0n) is 18.0. The second-order valence-electron chi connectivity index (χ2n) is 8.51. The molecule has 1 N–H and O–H groups in total. The lowest BCUT2D eigenvalue weighted by Crippen LogP contribution is -2.22. The molecule has 0 unspecified atom stereocenters. The summed E-state index contributed by atoms with van der Waals surface area (Å²) in [6.07, 6.45) is 3.44. The number of carbonyl (C=O) groups is 1. The van der Waals surface area contributed by atoms with Gasteiger partial charge in [0.25, 0.3) is 5.91 Å². The number of thiazole rings is 1. The van der Waals surface area contributed by atoms with Crippen LogP contribution in [0.25, 0.3) is 10.2 Å². The van der Waals surface area contributed by atoms with Crippen molar-refractivity contribution in [1.29, 1.82) is 0 Å². The molecule has 0 aliphatic carbocycles. The Morgan fingerprint density at radius 3 is 2.69 bits per heavy atom. The normalized spacial score (nSPS) is 11.6. The van der Waals surface area contributed by atoms with Gasteiger partial charge in [0, 0.05) is 0 Å². The minimum Gasteiger partial charge on any atom is -0.483 e. The first-order valence-electron chi connectivity index (χ1n) is 10.2. The van der Waals surface area contributed by atoms with Gasteiger partial charge in [-0.05, 0) is 54.5 Å². The maximum Gasteiger partial charge on any atom is 0.264 e. The van der Waals surface area contributed by atoms with Crippen molar-refractivity contribution in [3.05, 3.63) is 53.1 Å². The number of nitrogens with zero attached hydrogens (tertiary/aromatic N) is 1. The van der Waals surface area contributed by atoms with E-state index in [0.29, 0.717) is 5.13 Å². The van der Waals surface area contributed by atoms with Gasteiger partial charge in [-0.3, -0.25) is 10.1 Å². The van der Waals surface area contributed by atoms with Gasteiger partial charge in [-0.2, -0.15) is 0 Å². The largest absolute Gasteiger partial charge is 0.483 e. The van der Waals surface area contributed by atoms with E-state index in [0.717, 1.165) is 28.0 Å². The Morgan fingerprint density at radius 2 is 1.97 bits per heavy atom. The second-order valence-corrected chi connectivity index (χ2v) is 9.54. The fourth-order valence-electron chi connectivity index (χ4n) is 3.21. The van der Waals surface area contributed by atoms with E-state index in [1.807, 2.05) is 18.2 Å². The summed E-state index contributed by atoms with van der Waals surface area (Å²) in [5.74, 6) is 0.554. The first-order valence-corrected chi connectivity index (χ1v) is 11.0. The van der Waals surface area contributed by atoms with Crippen molar-refractivity contribution in [1.82, 2.24) is 4.98 Å². The molecule has 3 aromatic rings. The molecule has 29 heavy (non-hydrogen) atoms. The van der Waals surface area contributed by atoms with Crippen molar-refractivity contribution < 1.29 is 9.53 Å².